The van der Waals surface area contributed by atoms with Crippen molar-refractivity contribution in [3.8, 4) is 0 Å². The lowest BCUT2D eigenvalue weighted by Crippen LogP contribution is -1.97. The minimum atomic E-state index is -1.04. The summed E-state index contributed by atoms with van der Waals surface area (Å²) >= 11 is 1.31. The highest BCUT2D eigenvalue weighted by Crippen LogP contribution is 2.24. The average Bonchev–Trinajstić information content (AvgIpc) is 2.20. The first-order valence-corrected chi connectivity index (χ1v) is 5.79. The van der Waals surface area contributed by atoms with Crippen molar-refractivity contribution < 1.29 is 14.3 Å². The third-order valence-corrected chi connectivity index (χ3v) is 3.00. The molecule has 0 fully saturated rings. The summed E-state index contributed by atoms with van der Waals surface area (Å²) in [5.74, 6) is -0.714. The van der Waals surface area contributed by atoms with Crippen molar-refractivity contribution >= 4 is 17.7 Å². The van der Waals surface area contributed by atoms with Crippen LogP contribution in [0.2, 0.25) is 0 Å². The molecule has 86 valence electrons. The van der Waals surface area contributed by atoms with Gasteiger partial charge in [-0.1, -0.05) is 5.57 Å². The molecule has 0 heterocycles. The van der Waals surface area contributed by atoms with Crippen LogP contribution in [0.15, 0.2) is 35.2 Å². The molecule has 0 saturated carbocycles. The van der Waals surface area contributed by atoms with Crippen LogP contribution in [0.5, 0.6) is 0 Å². The lowest BCUT2D eigenvalue weighted by Gasteiger charge is -2.04. The van der Waals surface area contributed by atoms with Crippen molar-refractivity contribution in [2.75, 3.05) is 5.75 Å². The summed E-state index contributed by atoms with van der Waals surface area (Å²) < 4.78 is 13.3. The lowest BCUT2D eigenvalue weighted by atomic mass is 10.2. The number of rotatable bonds is 5. The van der Waals surface area contributed by atoms with Gasteiger partial charge in [0, 0.05) is 10.6 Å². The van der Waals surface area contributed by atoms with E-state index in [9.17, 15) is 9.18 Å². The number of allylic oxidation sites excluding steroid dienone is 1. The number of hydrogen-bond donors (Lipinski definition) is 1. The SMILES string of the molecule is C=C(C)CCSc1cc(C(=O)O)ccc1F. The number of halogens is 1. The second-order valence-electron chi connectivity index (χ2n) is 3.51. The molecule has 0 saturated heterocycles. The van der Waals surface area contributed by atoms with Crippen LogP contribution < -0.4 is 0 Å². The molecule has 0 aliphatic rings. The molecule has 0 atom stereocenters. The van der Waals surface area contributed by atoms with Crippen molar-refractivity contribution in [1.82, 2.24) is 0 Å². The second kappa shape index (κ2) is 5.70. The van der Waals surface area contributed by atoms with Gasteiger partial charge in [-0.15, -0.1) is 18.3 Å². The maximum Gasteiger partial charge on any atom is 0.335 e. The first kappa shape index (κ1) is 12.8. The second-order valence-corrected chi connectivity index (χ2v) is 4.64. The highest BCUT2D eigenvalue weighted by molar-refractivity contribution is 7.99. The van der Waals surface area contributed by atoms with Crippen molar-refractivity contribution in [2.45, 2.75) is 18.2 Å². The smallest absolute Gasteiger partial charge is 0.335 e. The molecule has 0 spiro atoms. The number of thioether (sulfide) groups is 1. The molecule has 0 bridgehead atoms. The van der Waals surface area contributed by atoms with Crippen LogP contribution >= 0.6 is 11.8 Å². The summed E-state index contributed by atoms with van der Waals surface area (Å²) in [5.41, 5.74) is 1.14. The molecule has 0 unspecified atom stereocenters. The fourth-order valence-corrected chi connectivity index (χ4v) is 2.17. The van der Waals surface area contributed by atoms with Gasteiger partial charge in [0.05, 0.1) is 5.56 Å². The van der Waals surface area contributed by atoms with Crippen LogP contribution in [0.25, 0.3) is 0 Å². The predicted molar refractivity (Wildman–Crippen MR) is 63.5 cm³/mol. The van der Waals surface area contributed by atoms with E-state index in [1.54, 1.807) is 0 Å². The molecule has 0 radical (unpaired) electrons. The molecule has 1 rings (SSSR count). The zero-order chi connectivity index (χ0) is 12.1. The van der Waals surface area contributed by atoms with Crippen LogP contribution in [0.1, 0.15) is 23.7 Å². The molecule has 0 amide bonds. The summed E-state index contributed by atoms with van der Waals surface area (Å²) in [4.78, 5) is 11.1. The Kier molecular flexibility index (Phi) is 4.55. The summed E-state index contributed by atoms with van der Waals surface area (Å²) in [6, 6.07) is 3.81. The zero-order valence-corrected chi connectivity index (χ0v) is 9.81. The molecule has 1 N–H and O–H groups in total. The Morgan fingerprint density at radius 1 is 1.56 bits per heavy atom. The van der Waals surface area contributed by atoms with E-state index in [4.69, 9.17) is 5.11 Å². The lowest BCUT2D eigenvalue weighted by molar-refractivity contribution is 0.0696. The molecule has 0 aromatic heterocycles. The van der Waals surface area contributed by atoms with E-state index in [2.05, 4.69) is 6.58 Å². The molecule has 0 aliphatic heterocycles. The van der Waals surface area contributed by atoms with Gasteiger partial charge in [0.1, 0.15) is 5.82 Å². The molecular weight excluding hydrogens is 227 g/mol. The average molecular weight is 240 g/mol. The molecule has 0 aliphatic carbocycles. The van der Waals surface area contributed by atoms with Crippen molar-refractivity contribution in [1.29, 1.82) is 0 Å². The van der Waals surface area contributed by atoms with Crippen LogP contribution in [-0.2, 0) is 0 Å². The highest BCUT2D eigenvalue weighted by atomic mass is 32.2. The van der Waals surface area contributed by atoms with E-state index in [0.717, 1.165) is 12.0 Å². The van der Waals surface area contributed by atoms with Crippen molar-refractivity contribution in [3.05, 3.63) is 41.7 Å². The third kappa shape index (κ3) is 3.70. The van der Waals surface area contributed by atoms with E-state index in [1.807, 2.05) is 6.92 Å². The Balaban J connectivity index is 2.74. The minimum Gasteiger partial charge on any atom is -0.478 e. The molecule has 1 aromatic carbocycles. The van der Waals surface area contributed by atoms with E-state index in [0.29, 0.717) is 10.6 Å². The Bertz CT molecular complexity index is 415. The predicted octanol–water partition coefficient (Wildman–Crippen LogP) is 3.58. The number of carbonyl (C=O) groups is 1. The van der Waals surface area contributed by atoms with E-state index < -0.39 is 5.97 Å². The molecule has 4 heteroatoms. The quantitative estimate of drug-likeness (QED) is 0.631. The van der Waals surface area contributed by atoms with E-state index in [1.165, 1.54) is 30.0 Å². The van der Waals surface area contributed by atoms with Gasteiger partial charge in [0.25, 0.3) is 0 Å². The third-order valence-electron chi connectivity index (χ3n) is 1.96. The topological polar surface area (TPSA) is 37.3 Å². The zero-order valence-electron chi connectivity index (χ0n) is 9.00. The fraction of sp³-hybridized carbons (Fsp3) is 0.250. The van der Waals surface area contributed by atoms with Crippen LogP contribution in [-0.4, -0.2) is 16.8 Å². The highest BCUT2D eigenvalue weighted by Gasteiger charge is 2.08. The Hall–Kier alpha value is -1.29. The normalized spacial score (nSPS) is 10.1. The fourth-order valence-electron chi connectivity index (χ4n) is 1.08. The number of benzene rings is 1. The van der Waals surface area contributed by atoms with Gasteiger partial charge in [-0.25, -0.2) is 9.18 Å². The van der Waals surface area contributed by atoms with Gasteiger partial charge < -0.3 is 5.11 Å². The number of carboxylic acid groups (broad SMARTS) is 1. The number of hydrogen-bond acceptors (Lipinski definition) is 2. The summed E-state index contributed by atoms with van der Waals surface area (Å²) in [7, 11) is 0. The van der Waals surface area contributed by atoms with Crippen molar-refractivity contribution in [3.63, 3.8) is 0 Å². The summed E-state index contributed by atoms with van der Waals surface area (Å²) in [6.45, 7) is 5.66. The number of carboxylic acids is 1. The van der Waals surface area contributed by atoms with E-state index in [-0.39, 0.29) is 11.4 Å². The summed E-state index contributed by atoms with van der Waals surface area (Å²) in [5, 5.41) is 8.77. The Labute approximate surface area is 98.2 Å². The maximum absolute atomic E-state index is 13.3. The van der Waals surface area contributed by atoms with Gasteiger partial charge in [-0.2, -0.15) is 0 Å². The maximum atomic E-state index is 13.3. The minimum absolute atomic E-state index is 0.110. The first-order chi connectivity index (χ1) is 7.50. The van der Waals surface area contributed by atoms with Gasteiger partial charge >= 0.3 is 5.97 Å². The Morgan fingerprint density at radius 3 is 2.81 bits per heavy atom. The van der Waals surface area contributed by atoms with E-state index >= 15 is 0 Å². The molecular formula is C12H13FO2S. The van der Waals surface area contributed by atoms with Gasteiger partial charge in [-0.05, 0) is 31.5 Å². The van der Waals surface area contributed by atoms with Gasteiger partial charge in [0.15, 0.2) is 0 Å². The van der Waals surface area contributed by atoms with Crippen LogP contribution in [0, 0.1) is 5.82 Å². The monoisotopic (exact) mass is 240 g/mol. The van der Waals surface area contributed by atoms with Crippen molar-refractivity contribution in [2.24, 2.45) is 0 Å². The summed E-state index contributed by atoms with van der Waals surface area (Å²) in [6.07, 6.45) is 0.793. The molecule has 16 heavy (non-hydrogen) atoms. The van der Waals surface area contributed by atoms with Crippen LogP contribution in [0.3, 0.4) is 0 Å². The van der Waals surface area contributed by atoms with Crippen LogP contribution in [0.4, 0.5) is 4.39 Å². The first-order valence-electron chi connectivity index (χ1n) is 4.80. The van der Waals surface area contributed by atoms with Gasteiger partial charge in [-0.3, -0.25) is 0 Å². The standard InChI is InChI=1S/C12H13FO2S/c1-8(2)5-6-16-11-7-9(12(14)15)3-4-10(11)13/h3-4,7H,1,5-6H2,2H3,(H,14,15). The van der Waals surface area contributed by atoms with Gasteiger partial charge in [0.2, 0.25) is 0 Å². The molecule has 2 nitrogen and oxygen atoms in total. The molecule has 1 aromatic rings. The number of aromatic carboxylic acids is 1. The largest absolute Gasteiger partial charge is 0.478 e. The Morgan fingerprint density at radius 2 is 2.25 bits per heavy atom.